The number of ether oxygens (including phenoxy) is 1. The number of benzene rings is 1. The van der Waals surface area contributed by atoms with Gasteiger partial charge in [0, 0.05) is 18.4 Å². The lowest BCUT2D eigenvalue weighted by Gasteiger charge is -2.56. The molecule has 2 heterocycles. The Bertz CT molecular complexity index is 1150. The third-order valence-electron chi connectivity index (χ3n) is 7.79. The van der Waals surface area contributed by atoms with Gasteiger partial charge in [-0.15, -0.1) is 10.2 Å². The molecule has 0 radical (unpaired) electrons. The van der Waals surface area contributed by atoms with Crippen LogP contribution in [0.1, 0.15) is 57.7 Å². The van der Waals surface area contributed by atoms with Crippen LogP contribution in [0, 0.1) is 23.2 Å². The van der Waals surface area contributed by atoms with E-state index in [0.29, 0.717) is 17.9 Å². The molecule has 7 rings (SSSR count). The Kier molecular flexibility index (Phi) is 4.75. The van der Waals surface area contributed by atoms with E-state index in [-0.39, 0.29) is 11.3 Å². The summed E-state index contributed by atoms with van der Waals surface area (Å²) in [7, 11) is 1.64. The predicted octanol–water partition coefficient (Wildman–Crippen LogP) is 4.97. The molecule has 8 heteroatoms. The maximum absolute atomic E-state index is 13.2. The molecule has 4 bridgehead atoms. The van der Waals surface area contributed by atoms with E-state index in [1.807, 2.05) is 25.1 Å². The Hall–Kier alpha value is -2.48. The van der Waals surface area contributed by atoms with Crippen LogP contribution in [0.2, 0.25) is 0 Å². The molecule has 4 aliphatic carbocycles. The Morgan fingerprint density at radius 1 is 1.19 bits per heavy atom. The van der Waals surface area contributed by atoms with Crippen molar-refractivity contribution in [2.45, 2.75) is 58.3 Å². The van der Waals surface area contributed by atoms with Crippen LogP contribution in [0.3, 0.4) is 0 Å². The Morgan fingerprint density at radius 2 is 1.91 bits per heavy atom. The molecule has 2 aromatic heterocycles. The molecular formula is C24H29N5O2S. The first-order valence-corrected chi connectivity index (χ1v) is 12.5. The summed E-state index contributed by atoms with van der Waals surface area (Å²) in [6.45, 7) is 2.04. The molecule has 0 unspecified atom stereocenters. The lowest BCUT2D eigenvalue weighted by Crippen LogP contribution is -2.47. The van der Waals surface area contributed by atoms with E-state index in [1.54, 1.807) is 11.6 Å². The minimum atomic E-state index is 0.105. The fourth-order valence-corrected chi connectivity index (χ4v) is 7.83. The van der Waals surface area contributed by atoms with E-state index in [4.69, 9.17) is 9.84 Å². The highest BCUT2D eigenvalue weighted by Gasteiger charge is 2.51. The number of nitrogens with zero attached hydrogens (tertiary/aromatic N) is 4. The minimum Gasteiger partial charge on any atom is -0.495 e. The van der Waals surface area contributed by atoms with Crippen molar-refractivity contribution in [3.05, 3.63) is 24.0 Å². The molecule has 1 N–H and O–H groups in total. The maximum atomic E-state index is 13.2. The molecule has 0 atom stereocenters. The van der Waals surface area contributed by atoms with Gasteiger partial charge in [-0.05, 0) is 79.9 Å². The maximum Gasteiger partial charge on any atom is 0.234 e. The summed E-state index contributed by atoms with van der Waals surface area (Å²) in [5.74, 6) is 4.16. The van der Waals surface area contributed by atoms with Gasteiger partial charge in [-0.2, -0.15) is 9.61 Å². The van der Waals surface area contributed by atoms with Crippen LogP contribution in [0.15, 0.2) is 18.2 Å². The average molecular weight is 452 g/mol. The summed E-state index contributed by atoms with van der Waals surface area (Å²) < 4.78 is 7.35. The number of hydrogen-bond donors (Lipinski definition) is 1. The zero-order valence-electron chi connectivity index (χ0n) is 18.6. The van der Waals surface area contributed by atoms with Gasteiger partial charge in [-0.3, -0.25) is 4.79 Å². The third-order valence-corrected chi connectivity index (χ3v) is 8.74. The first-order valence-electron chi connectivity index (χ1n) is 11.7. The molecule has 7 nitrogen and oxygen atoms in total. The van der Waals surface area contributed by atoms with Gasteiger partial charge < -0.3 is 10.1 Å². The van der Waals surface area contributed by atoms with Gasteiger partial charge >= 0.3 is 0 Å². The van der Waals surface area contributed by atoms with E-state index < -0.39 is 0 Å². The largest absolute Gasteiger partial charge is 0.495 e. The van der Waals surface area contributed by atoms with E-state index >= 15 is 0 Å². The fourth-order valence-electron chi connectivity index (χ4n) is 6.97. The van der Waals surface area contributed by atoms with Crippen LogP contribution in [0.4, 0.5) is 5.69 Å². The van der Waals surface area contributed by atoms with Crippen molar-refractivity contribution >= 4 is 27.9 Å². The number of carbonyl (C=O) groups excluding carboxylic acids is 1. The van der Waals surface area contributed by atoms with Crippen LogP contribution in [0.25, 0.3) is 15.5 Å². The molecule has 4 saturated carbocycles. The molecule has 3 aromatic rings. The number of amides is 1. The molecule has 0 spiro atoms. The lowest BCUT2D eigenvalue weighted by atomic mass is 9.49. The number of rotatable bonds is 6. The zero-order chi connectivity index (χ0) is 21.9. The van der Waals surface area contributed by atoms with Crippen molar-refractivity contribution in [1.82, 2.24) is 19.8 Å². The average Bonchev–Trinajstić information content (AvgIpc) is 3.33. The lowest BCUT2D eigenvalue weighted by molar-refractivity contribution is -0.124. The molecule has 1 aromatic carbocycles. The summed E-state index contributed by atoms with van der Waals surface area (Å²) in [4.78, 5) is 14.0. The quantitative estimate of drug-likeness (QED) is 0.572. The number of hydrogen-bond acceptors (Lipinski definition) is 6. The number of anilines is 1. The predicted molar refractivity (Wildman–Crippen MR) is 124 cm³/mol. The van der Waals surface area contributed by atoms with Gasteiger partial charge in [0.05, 0.1) is 12.8 Å². The molecule has 32 heavy (non-hydrogen) atoms. The van der Waals surface area contributed by atoms with Crippen molar-refractivity contribution < 1.29 is 9.53 Å². The highest BCUT2D eigenvalue weighted by atomic mass is 32.1. The zero-order valence-corrected chi connectivity index (χ0v) is 19.5. The van der Waals surface area contributed by atoms with Crippen LogP contribution in [-0.2, 0) is 11.2 Å². The number of aryl methyl sites for hydroxylation is 1. The van der Waals surface area contributed by atoms with Gasteiger partial charge in [-0.25, -0.2) is 0 Å². The summed E-state index contributed by atoms with van der Waals surface area (Å²) in [6, 6.07) is 5.84. The second kappa shape index (κ2) is 7.54. The van der Waals surface area contributed by atoms with Gasteiger partial charge in [-0.1, -0.05) is 18.3 Å². The number of nitrogens with one attached hydrogen (secondary N) is 1. The van der Waals surface area contributed by atoms with Gasteiger partial charge in [0.15, 0.2) is 5.82 Å². The van der Waals surface area contributed by atoms with Crippen LogP contribution in [0.5, 0.6) is 5.75 Å². The van der Waals surface area contributed by atoms with Crippen molar-refractivity contribution in [2.24, 2.45) is 23.2 Å². The molecule has 168 valence electrons. The van der Waals surface area contributed by atoms with Crippen molar-refractivity contribution in [3.63, 3.8) is 0 Å². The summed E-state index contributed by atoms with van der Waals surface area (Å²) in [5.41, 5.74) is 1.86. The third kappa shape index (κ3) is 3.39. The first-order chi connectivity index (χ1) is 15.5. The van der Waals surface area contributed by atoms with E-state index in [9.17, 15) is 4.79 Å². The smallest absolute Gasteiger partial charge is 0.234 e. The molecule has 0 aliphatic heterocycles. The number of methoxy groups -OCH3 is 1. The molecule has 4 aliphatic rings. The van der Waals surface area contributed by atoms with Gasteiger partial charge in [0.25, 0.3) is 0 Å². The van der Waals surface area contributed by atoms with E-state index in [1.165, 1.54) is 49.9 Å². The van der Waals surface area contributed by atoms with Crippen molar-refractivity contribution in [2.75, 3.05) is 12.4 Å². The molecule has 4 fully saturated rings. The molecular weight excluding hydrogens is 422 g/mol. The Balaban J connectivity index is 1.24. The van der Waals surface area contributed by atoms with Crippen LogP contribution >= 0.6 is 11.3 Å². The Morgan fingerprint density at radius 3 is 2.56 bits per heavy atom. The molecule has 1 amide bonds. The summed E-state index contributed by atoms with van der Waals surface area (Å²) in [6.07, 6.45) is 9.28. The van der Waals surface area contributed by atoms with Crippen molar-refractivity contribution in [3.8, 4) is 16.3 Å². The SMILES string of the molecule is CCc1nnc2sc(-c3ccc(OC)c(NC(=O)CC45CC6CC(CC(C6)C4)C5)c3)nn12. The summed E-state index contributed by atoms with van der Waals surface area (Å²) in [5, 5.41) is 17.1. The highest BCUT2D eigenvalue weighted by molar-refractivity contribution is 7.19. The van der Waals surface area contributed by atoms with Crippen molar-refractivity contribution in [1.29, 1.82) is 0 Å². The van der Waals surface area contributed by atoms with Gasteiger partial charge in [0.1, 0.15) is 10.8 Å². The topological polar surface area (TPSA) is 81.4 Å². The summed E-state index contributed by atoms with van der Waals surface area (Å²) >= 11 is 1.50. The standard InChI is InChI=1S/C24H29N5O2S/c1-3-20-26-27-23-29(20)28-22(32-23)17-4-5-19(31-2)18(9-17)25-21(30)13-24-10-14-6-15(11-24)8-16(7-14)12-24/h4-5,9,14-16H,3,6-8,10-13H2,1-2H3,(H,25,30). The fraction of sp³-hybridized carbons (Fsp3) is 0.583. The number of fused-ring (bicyclic) bond motifs is 1. The monoisotopic (exact) mass is 451 g/mol. The van der Waals surface area contributed by atoms with Gasteiger partial charge in [0.2, 0.25) is 10.9 Å². The van der Waals surface area contributed by atoms with E-state index in [0.717, 1.165) is 45.5 Å². The van der Waals surface area contributed by atoms with Crippen LogP contribution < -0.4 is 10.1 Å². The number of aromatic nitrogens is 4. The van der Waals surface area contributed by atoms with Crippen LogP contribution in [-0.4, -0.2) is 32.8 Å². The highest BCUT2D eigenvalue weighted by Crippen LogP contribution is 2.61. The second-order valence-corrected chi connectivity index (χ2v) is 11.1. The number of carbonyl (C=O) groups is 1. The first kappa shape index (κ1) is 20.1. The van der Waals surface area contributed by atoms with E-state index in [2.05, 4.69) is 15.5 Å². The Labute approximate surface area is 191 Å². The second-order valence-electron chi connectivity index (χ2n) is 10.1. The minimum absolute atomic E-state index is 0.105. The normalized spacial score (nSPS) is 28.4. The molecule has 0 saturated heterocycles.